The Morgan fingerprint density at radius 1 is 0.867 bits per heavy atom. The summed E-state index contributed by atoms with van der Waals surface area (Å²) < 4.78 is 1.01. The summed E-state index contributed by atoms with van der Waals surface area (Å²) in [4.78, 5) is 0. The third-order valence-electron chi connectivity index (χ3n) is 7.44. The van der Waals surface area contributed by atoms with Gasteiger partial charge in [0.1, 0.15) is 13.1 Å². The molecule has 0 amide bonds. The molecule has 0 aliphatic carbocycles. The van der Waals surface area contributed by atoms with Crippen molar-refractivity contribution < 1.29 is 9.59 Å². The summed E-state index contributed by atoms with van der Waals surface area (Å²) in [6.07, 6.45) is 5.61. The number of rotatable bonds is 7. The van der Waals surface area contributed by atoms with Crippen molar-refractivity contribution in [3.8, 4) is 11.8 Å². The molecule has 2 aromatic rings. The second-order valence-corrected chi connectivity index (χ2v) is 9.30. The highest BCUT2D eigenvalue weighted by Crippen LogP contribution is 2.44. The van der Waals surface area contributed by atoms with Gasteiger partial charge in [0.15, 0.2) is 5.60 Å². The first kappa shape index (κ1) is 22.6. The van der Waals surface area contributed by atoms with Crippen LogP contribution in [0.1, 0.15) is 64.0 Å². The van der Waals surface area contributed by atoms with Gasteiger partial charge in [-0.2, -0.15) is 0 Å². The zero-order chi connectivity index (χ0) is 21.5. The number of benzene rings is 2. The van der Waals surface area contributed by atoms with Crippen LogP contribution in [0.3, 0.4) is 0 Å². The zero-order valence-corrected chi connectivity index (χ0v) is 19.0. The van der Waals surface area contributed by atoms with Gasteiger partial charge in [0, 0.05) is 11.0 Å². The molecule has 0 unspecified atom stereocenters. The van der Waals surface area contributed by atoms with E-state index in [0.717, 1.165) is 36.0 Å². The maximum atomic E-state index is 11.9. The van der Waals surface area contributed by atoms with Crippen LogP contribution in [0.5, 0.6) is 0 Å². The Bertz CT molecular complexity index is 838. The lowest BCUT2D eigenvalue weighted by Crippen LogP contribution is -2.51. The Morgan fingerprint density at radius 2 is 1.43 bits per heavy atom. The molecule has 30 heavy (non-hydrogen) atoms. The summed E-state index contributed by atoms with van der Waals surface area (Å²) in [5.41, 5.74) is 0.876. The standard InChI is InChI=1S/C28H38NO/c1-4-27(3,5-2)28(30,26-18-11-7-12-19-26)20-15-23-29(21-13-8-14-22-29)24-25-16-9-6-10-17-25/h6-7,9-12,16-19,30H,4-5,8,13-14,21-24H2,1-3H3/q+1/t28-/m1/s1. The summed E-state index contributed by atoms with van der Waals surface area (Å²) in [7, 11) is 0. The van der Waals surface area contributed by atoms with Gasteiger partial charge in [-0.1, -0.05) is 87.4 Å². The number of aliphatic hydroxyl groups is 1. The second-order valence-electron chi connectivity index (χ2n) is 9.30. The third kappa shape index (κ3) is 4.80. The molecule has 1 fully saturated rings. The average molecular weight is 405 g/mol. The van der Waals surface area contributed by atoms with E-state index < -0.39 is 5.60 Å². The predicted molar refractivity (Wildman–Crippen MR) is 126 cm³/mol. The van der Waals surface area contributed by atoms with Gasteiger partial charge in [-0.05, 0) is 43.6 Å². The Labute approximate surface area is 183 Å². The fourth-order valence-electron chi connectivity index (χ4n) is 4.87. The van der Waals surface area contributed by atoms with Crippen LogP contribution < -0.4 is 0 Å². The molecule has 3 rings (SSSR count). The summed E-state index contributed by atoms with van der Waals surface area (Å²) in [6, 6.07) is 20.8. The van der Waals surface area contributed by atoms with E-state index in [4.69, 9.17) is 0 Å². The lowest BCUT2D eigenvalue weighted by Gasteiger charge is -2.42. The molecule has 0 bridgehead atoms. The summed E-state index contributed by atoms with van der Waals surface area (Å²) in [5, 5.41) is 11.9. The number of likely N-dealkylation sites (tertiary alicyclic amines) is 1. The number of hydrogen-bond donors (Lipinski definition) is 1. The van der Waals surface area contributed by atoms with Gasteiger partial charge in [-0.25, -0.2) is 0 Å². The summed E-state index contributed by atoms with van der Waals surface area (Å²) in [5.74, 6) is 6.90. The van der Waals surface area contributed by atoms with Crippen molar-refractivity contribution >= 4 is 0 Å². The minimum absolute atomic E-state index is 0.284. The van der Waals surface area contributed by atoms with Gasteiger partial charge in [-0.3, -0.25) is 0 Å². The van der Waals surface area contributed by atoms with E-state index >= 15 is 0 Å². The van der Waals surface area contributed by atoms with E-state index in [2.05, 4.69) is 62.9 Å². The molecule has 1 heterocycles. The van der Waals surface area contributed by atoms with Crippen molar-refractivity contribution in [3.05, 3.63) is 71.8 Å². The smallest absolute Gasteiger partial charge is 0.156 e. The monoisotopic (exact) mass is 404 g/mol. The highest BCUT2D eigenvalue weighted by molar-refractivity contribution is 5.35. The molecule has 1 atom stereocenters. The molecule has 0 aromatic heterocycles. The Morgan fingerprint density at radius 3 is 2.00 bits per heavy atom. The first-order valence-electron chi connectivity index (χ1n) is 11.6. The minimum Gasteiger partial charge on any atom is -0.373 e. The van der Waals surface area contributed by atoms with Crippen LogP contribution in [-0.2, 0) is 12.1 Å². The van der Waals surface area contributed by atoms with Crippen molar-refractivity contribution in [2.24, 2.45) is 5.41 Å². The predicted octanol–water partition coefficient (Wildman–Crippen LogP) is 5.90. The molecule has 160 valence electrons. The zero-order valence-electron chi connectivity index (χ0n) is 19.0. The van der Waals surface area contributed by atoms with Crippen LogP contribution in [0, 0.1) is 17.3 Å². The molecule has 2 aromatic carbocycles. The lowest BCUT2D eigenvalue weighted by atomic mass is 9.66. The molecular formula is C28H38NO+. The van der Waals surface area contributed by atoms with E-state index in [-0.39, 0.29) is 5.41 Å². The molecule has 1 aliphatic rings. The quantitative estimate of drug-likeness (QED) is 0.450. The molecule has 2 nitrogen and oxygen atoms in total. The van der Waals surface area contributed by atoms with Crippen molar-refractivity contribution in [3.63, 3.8) is 0 Å². The van der Waals surface area contributed by atoms with Crippen LogP contribution in [0.2, 0.25) is 0 Å². The first-order chi connectivity index (χ1) is 14.5. The SMILES string of the molecule is CCC(C)(CC)[C@@](O)(C#CC[N+]1(Cc2ccccc2)CCCCC1)c1ccccc1. The van der Waals surface area contributed by atoms with E-state index in [9.17, 15) is 5.11 Å². The van der Waals surface area contributed by atoms with Gasteiger partial charge < -0.3 is 9.59 Å². The molecule has 1 saturated heterocycles. The number of piperidine rings is 1. The molecule has 1 aliphatic heterocycles. The maximum Gasteiger partial charge on any atom is 0.156 e. The fraction of sp³-hybridized carbons (Fsp3) is 0.500. The van der Waals surface area contributed by atoms with E-state index in [1.165, 1.54) is 37.9 Å². The van der Waals surface area contributed by atoms with E-state index in [1.54, 1.807) is 0 Å². The third-order valence-corrected chi connectivity index (χ3v) is 7.44. The van der Waals surface area contributed by atoms with Crippen LogP contribution in [0.25, 0.3) is 0 Å². The fourth-order valence-corrected chi connectivity index (χ4v) is 4.87. The largest absolute Gasteiger partial charge is 0.373 e. The molecule has 0 radical (unpaired) electrons. The van der Waals surface area contributed by atoms with Gasteiger partial charge in [0.05, 0.1) is 13.1 Å². The topological polar surface area (TPSA) is 20.2 Å². The van der Waals surface area contributed by atoms with Gasteiger partial charge in [-0.15, -0.1) is 0 Å². The highest BCUT2D eigenvalue weighted by Gasteiger charge is 2.45. The van der Waals surface area contributed by atoms with Crippen molar-refractivity contribution in [1.82, 2.24) is 0 Å². The number of quaternary nitrogens is 1. The van der Waals surface area contributed by atoms with Crippen LogP contribution in [0.4, 0.5) is 0 Å². The van der Waals surface area contributed by atoms with Crippen LogP contribution in [-0.4, -0.2) is 29.2 Å². The Hall–Kier alpha value is -2.08. The normalized spacial score (nSPS) is 18.1. The first-order valence-corrected chi connectivity index (χ1v) is 11.6. The van der Waals surface area contributed by atoms with Gasteiger partial charge in [0.25, 0.3) is 0 Å². The van der Waals surface area contributed by atoms with E-state index in [0.29, 0.717) is 0 Å². The second kappa shape index (κ2) is 9.82. The molecule has 2 heteroatoms. The van der Waals surface area contributed by atoms with Crippen LogP contribution >= 0.6 is 0 Å². The summed E-state index contributed by atoms with van der Waals surface area (Å²) in [6.45, 7) is 10.7. The minimum atomic E-state index is -1.13. The Balaban J connectivity index is 1.92. The molecular weight excluding hydrogens is 366 g/mol. The van der Waals surface area contributed by atoms with Crippen molar-refractivity contribution in [1.29, 1.82) is 0 Å². The van der Waals surface area contributed by atoms with Crippen LogP contribution in [0.15, 0.2) is 60.7 Å². The number of nitrogens with zero attached hydrogens (tertiary/aromatic N) is 1. The molecule has 1 N–H and O–H groups in total. The molecule has 0 saturated carbocycles. The Kier molecular flexibility index (Phi) is 7.40. The maximum absolute atomic E-state index is 11.9. The van der Waals surface area contributed by atoms with Crippen molar-refractivity contribution in [2.45, 2.75) is 65.0 Å². The van der Waals surface area contributed by atoms with Gasteiger partial charge >= 0.3 is 0 Å². The van der Waals surface area contributed by atoms with Gasteiger partial charge in [0.2, 0.25) is 0 Å². The van der Waals surface area contributed by atoms with Crippen molar-refractivity contribution in [2.75, 3.05) is 19.6 Å². The number of hydrogen-bond acceptors (Lipinski definition) is 1. The van der Waals surface area contributed by atoms with E-state index in [1.807, 2.05) is 30.3 Å². The molecule has 0 spiro atoms. The summed E-state index contributed by atoms with van der Waals surface area (Å²) >= 11 is 0. The average Bonchev–Trinajstić information content (AvgIpc) is 2.80. The highest BCUT2D eigenvalue weighted by atomic mass is 16.3. The lowest BCUT2D eigenvalue weighted by molar-refractivity contribution is -0.938.